The standard InChI is InChI=1S/C17H17N3O2S/c1-2-13-5-3-6-14(11-13)19-12-16(21)20-17(22)18-9-8-15-7-4-10-23-15/h1,3-7,10-11,19H,8-9,12H2,(H2,18,20,21,22). The summed E-state index contributed by atoms with van der Waals surface area (Å²) in [5.74, 6) is 2.11. The first kappa shape index (κ1) is 16.6. The van der Waals surface area contributed by atoms with Gasteiger partial charge in [-0.1, -0.05) is 18.1 Å². The molecule has 0 fully saturated rings. The normalized spacial score (nSPS) is 9.70. The smallest absolute Gasteiger partial charge is 0.321 e. The van der Waals surface area contributed by atoms with E-state index in [0.29, 0.717) is 6.54 Å². The molecule has 118 valence electrons. The van der Waals surface area contributed by atoms with Crippen LogP contribution in [0.4, 0.5) is 10.5 Å². The van der Waals surface area contributed by atoms with Crippen molar-refractivity contribution in [3.05, 3.63) is 52.2 Å². The van der Waals surface area contributed by atoms with Crippen molar-refractivity contribution in [1.82, 2.24) is 10.6 Å². The van der Waals surface area contributed by atoms with Crippen molar-refractivity contribution in [2.45, 2.75) is 6.42 Å². The van der Waals surface area contributed by atoms with Gasteiger partial charge in [-0.05, 0) is 36.1 Å². The molecule has 0 spiro atoms. The van der Waals surface area contributed by atoms with Crippen LogP contribution in [0.1, 0.15) is 10.4 Å². The third-order valence-corrected chi connectivity index (χ3v) is 3.91. The average Bonchev–Trinajstić information content (AvgIpc) is 3.06. The van der Waals surface area contributed by atoms with Gasteiger partial charge in [0.25, 0.3) is 0 Å². The predicted octanol–water partition coefficient (Wildman–Crippen LogP) is 2.21. The molecule has 1 heterocycles. The predicted molar refractivity (Wildman–Crippen MR) is 92.4 cm³/mol. The van der Waals surface area contributed by atoms with E-state index in [1.165, 1.54) is 4.88 Å². The molecule has 0 unspecified atom stereocenters. The molecule has 0 saturated heterocycles. The van der Waals surface area contributed by atoms with E-state index in [0.717, 1.165) is 17.7 Å². The summed E-state index contributed by atoms with van der Waals surface area (Å²) in [5, 5.41) is 9.82. The maximum Gasteiger partial charge on any atom is 0.321 e. The Kier molecular flexibility index (Phi) is 6.21. The van der Waals surface area contributed by atoms with E-state index in [1.807, 2.05) is 17.5 Å². The van der Waals surface area contributed by atoms with Gasteiger partial charge in [0.1, 0.15) is 0 Å². The number of urea groups is 1. The van der Waals surface area contributed by atoms with E-state index in [1.54, 1.807) is 35.6 Å². The number of carbonyl (C=O) groups is 2. The second-order valence-electron chi connectivity index (χ2n) is 4.71. The lowest BCUT2D eigenvalue weighted by Gasteiger charge is -2.08. The van der Waals surface area contributed by atoms with Crippen LogP contribution in [0, 0.1) is 12.3 Å². The van der Waals surface area contributed by atoms with Gasteiger partial charge in [0.15, 0.2) is 0 Å². The fraction of sp³-hybridized carbons (Fsp3) is 0.176. The number of thiophene rings is 1. The van der Waals surface area contributed by atoms with Crippen molar-refractivity contribution in [1.29, 1.82) is 0 Å². The molecule has 0 aliphatic heterocycles. The Bertz CT molecular complexity index is 705. The maximum atomic E-state index is 11.7. The summed E-state index contributed by atoms with van der Waals surface area (Å²) < 4.78 is 0. The van der Waals surface area contributed by atoms with Gasteiger partial charge >= 0.3 is 6.03 Å². The summed E-state index contributed by atoms with van der Waals surface area (Å²) in [6.45, 7) is 0.476. The lowest BCUT2D eigenvalue weighted by Crippen LogP contribution is -2.42. The van der Waals surface area contributed by atoms with E-state index in [-0.39, 0.29) is 6.54 Å². The Morgan fingerprint density at radius 1 is 1.22 bits per heavy atom. The van der Waals surface area contributed by atoms with Gasteiger partial charge in [-0.15, -0.1) is 17.8 Å². The fourth-order valence-corrected chi connectivity index (χ4v) is 2.58. The molecule has 0 radical (unpaired) electrons. The molecule has 0 aliphatic carbocycles. The Balaban J connectivity index is 1.67. The fourth-order valence-electron chi connectivity index (χ4n) is 1.87. The Morgan fingerprint density at radius 2 is 2.09 bits per heavy atom. The zero-order valence-electron chi connectivity index (χ0n) is 12.5. The molecule has 6 heteroatoms. The van der Waals surface area contributed by atoms with Crippen molar-refractivity contribution in [2.75, 3.05) is 18.4 Å². The highest BCUT2D eigenvalue weighted by Gasteiger charge is 2.07. The first-order valence-corrected chi connectivity index (χ1v) is 7.96. The number of imide groups is 1. The van der Waals surface area contributed by atoms with E-state index in [4.69, 9.17) is 6.42 Å². The van der Waals surface area contributed by atoms with Gasteiger partial charge in [-0.25, -0.2) is 4.79 Å². The lowest BCUT2D eigenvalue weighted by atomic mass is 10.2. The lowest BCUT2D eigenvalue weighted by molar-refractivity contribution is -0.118. The second kappa shape index (κ2) is 8.61. The van der Waals surface area contributed by atoms with Crippen molar-refractivity contribution < 1.29 is 9.59 Å². The van der Waals surface area contributed by atoms with Crippen LogP contribution >= 0.6 is 11.3 Å². The van der Waals surface area contributed by atoms with Crippen LogP contribution in [0.2, 0.25) is 0 Å². The quantitative estimate of drug-likeness (QED) is 0.713. The maximum absolute atomic E-state index is 11.7. The van der Waals surface area contributed by atoms with Crippen molar-refractivity contribution in [3.8, 4) is 12.3 Å². The van der Waals surface area contributed by atoms with Gasteiger partial charge in [-0.2, -0.15) is 0 Å². The first-order chi connectivity index (χ1) is 11.2. The topological polar surface area (TPSA) is 70.2 Å². The van der Waals surface area contributed by atoms with Crippen molar-refractivity contribution in [2.24, 2.45) is 0 Å². The van der Waals surface area contributed by atoms with Crippen LogP contribution in [-0.4, -0.2) is 25.0 Å². The van der Waals surface area contributed by atoms with E-state index in [9.17, 15) is 9.59 Å². The third kappa shape index (κ3) is 5.85. The SMILES string of the molecule is C#Cc1cccc(NCC(=O)NC(=O)NCCc2cccs2)c1. The number of anilines is 1. The van der Waals surface area contributed by atoms with E-state index < -0.39 is 11.9 Å². The minimum absolute atomic E-state index is 0.00757. The number of nitrogens with one attached hydrogen (secondary N) is 3. The zero-order valence-corrected chi connectivity index (χ0v) is 13.3. The van der Waals surface area contributed by atoms with Gasteiger partial charge in [0.2, 0.25) is 5.91 Å². The van der Waals surface area contributed by atoms with Gasteiger partial charge in [0, 0.05) is 22.7 Å². The van der Waals surface area contributed by atoms with E-state index in [2.05, 4.69) is 21.9 Å². The summed E-state index contributed by atoms with van der Waals surface area (Å²) in [6.07, 6.45) is 6.06. The highest BCUT2D eigenvalue weighted by Crippen LogP contribution is 2.09. The van der Waals surface area contributed by atoms with Crippen molar-refractivity contribution in [3.63, 3.8) is 0 Å². The van der Waals surface area contributed by atoms with Crippen LogP contribution in [-0.2, 0) is 11.2 Å². The number of carbonyl (C=O) groups excluding carboxylic acids is 2. The second-order valence-corrected chi connectivity index (χ2v) is 5.74. The van der Waals surface area contributed by atoms with Gasteiger partial charge in [-0.3, -0.25) is 10.1 Å². The first-order valence-electron chi connectivity index (χ1n) is 7.08. The van der Waals surface area contributed by atoms with Crippen LogP contribution < -0.4 is 16.0 Å². The number of hydrogen-bond acceptors (Lipinski definition) is 4. The third-order valence-electron chi connectivity index (χ3n) is 2.97. The number of terminal acetylenes is 1. The Hall–Kier alpha value is -2.78. The molecule has 3 amide bonds. The van der Waals surface area contributed by atoms with Gasteiger partial charge < -0.3 is 10.6 Å². The molecule has 0 saturated carbocycles. The average molecular weight is 327 g/mol. The molecule has 2 aromatic rings. The molecule has 3 N–H and O–H groups in total. The van der Waals surface area contributed by atoms with Crippen LogP contribution in [0.25, 0.3) is 0 Å². The molecule has 1 aromatic carbocycles. The van der Waals surface area contributed by atoms with Crippen LogP contribution in [0.5, 0.6) is 0 Å². The van der Waals surface area contributed by atoms with Crippen LogP contribution in [0.15, 0.2) is 41.8 Å². The Labute approximate surface area is 139 Å². The molecule has 23 heavy (non-hydrogen) atoms. The summed E-state index contributed by atoms with van der Waals surface area (Å²) in [7, 11) is 0. The minimum Gasteiger partial charge on any atom is -0.376 e. The minimum atomic E-state index is -0.495. The highest BCUT2D eigenvalue weighted by molar-refractivity contribution is 7.09. The summed E-state index contributed by atoms with van der Waals surface area (Å²) in [5.41, 5.74) is 1.45. The van der Waals surface area contributed by atoms with E-state index >= 15 is 0 Å². The van der Waals surface area contributed by atoms with Gasteiger partial charge in [0.05, 0.1) is 6.54 Å². The highest BCUT2D eigenvalue weighted by atomic mass is 32.1. The number of hydrogen-bond donors (Lipinski definition) is 3. The molecule has 5 nitrogen and oxygen atoms in total. The summed E-state index contributed by atoms with van der Waals surface area (Å²) in [6, 6.07) is 10.6. The molecule has 0 atom stereocenters. The molecule has 0 aliphatic rings. The largest absolute Gasteiger partial charge is 0.376 e. The van der Waals surface area contributed by atoms with Crippen molar-refractivity contribution >= 4 is 29.0 Å². The molecular weight excluding hydrogens is 310 g/mol. The molecule has 1 aromatic heterocycles. The Morgan fingerprint density at radius 3 is 2.83 bits per heavy atom. The summed E-state index contributed by atoms with van der Waals surface area (Å²) in [4.78, 5) is 24.5. The molecule has 2 rings (SSSR count). The summed E-state index contributed by atoms with van der Waals surface area (Å²) >= 11 is 1.63. The van der Waals surface area contributed by atoms with Crippen LogP contribution in [0.3, 0.4) is 0 Å². The monoisotopic (exact) mass is 327 g/mol. The number of benzene rings is 1. The zero-order chi connectivity index (χ0) is 16.5. The molecule has 0 bridgehead atoms. The number of rotatable bonds is 6. The molecular formula is C17H17N3O2S. The number of amides is 3.